The topological polar surface area (TPSA) is 99.3 Å². The SMILES string of the molecule is CC(=O)Nc1cccc(NC(=O)CNc2ccc(NC(=O)CCc3ccccc3)cc2)c1. The van der Waals surface area contributed by atoms with Crippen molar-refractivity contribution in [2.24, 2.45) is 0 Å². The normalized spacial score (nSPS) is 10.2. The molecule has 7 heteroatoms. The fraction of sp³-hybridized carbons (Fsp3) is 0.160. The maximum absolute atomic E-state index is 12.2. The number of hydrogen-bond donors (Lipinski definition) is 4. The van der Waals surface area contributed by atoms with E-state index in [1.165, 1.54) is 6.92 Å². The third-order valence-corrected chi connectivity index (χ3v) is 4.57. The predicted octanol–water partition coefficient (Wildman–Crippen LogP) is 4.27. The summed E-state index contributed by atoms with van der Waals surface area (Å²) < 4.78 is 0. The Morgan fingerprint density at radius 1 is 0.656 bits per heavy atom. The second-order valence-electron chi connectivity index (χ2n) is 7.27. The molecule has 164 valence electrons. The van der Waals surface area contributed by atoms with Gasteiger partial charge in [0.05, 0.1) is 6.54 Å². The van der Waals surface area contributed by atoms with Crippen LogP contribution in [0.1, 0.15) is 18.9 Å². The van der Waals surface area contributed by atoms with Crippen molar-refractivity contribution in [1.29, 1.82) is 0 Å². The predicted molar refractivity (Wildman–Crippen MR) is 128 cm³/mol. The summed E-state index contributed by atoms with van der Waals surface area (Å²) in [6.07, 6.45) is 1.10. The summed E-state index contributed by atoms with van der Waals surface area (Å²) in [5, 5.41) is 11.4. The van der Waals surface area contributed by atoms with E-state index in [-0.39, 0.29) is 24.3 Å². The minimum atomic E-state index is -0.219. The molecule has 0 aliphatic rings. The lowest BCUT2D eigenvalue weighted by atomic mass is 10.1. The minimum absolute atomic E-state index is 0.0459. The summed E-state index contributed by atoms with van der Waals surface area (Å²) in [5.41, 5.74) is 3.80. The zero-order valence-electron chi connectivity index (χ0n) is 17.9. The summed E-state index contributed by atoms with van der Waals surface area (Å²) in [7, 11) is 0. The second kappa shape index (κ2) is 11.3. The molecule has 0 aromatic heterocycles. The lowest BCUT2D eigenvalue weighted by Gasteiger charge is -2.10. The molecule has 0 spiro atoms. The van der Waals surface area contributed by atoms with Crippen molar-refractivity contribution in [1.82, 2.24) is 0 Å². The average molecular weight is 431 g/mol. The van der Waals surface area contributed by atoms with E-state index >= 15 is 0 Å². The zero-order chi connectivity index (χ0) is 22.8. The van der Waals surface area contributed by atoms with E-state index in [0.29, 0.717) is 29.9 Å². The minimum Gasteiger partial charge on any atom is -0.376 e. The van der Waals surface area contributed by atoms with E-state index in [1.807, 2.05) is 30.3 Å². The molecule has 0 fully saturated rings. The van der Waals surface area contributed by atoms with Crippen molar-refractivity contribution in [3.8, 4) is 0 Å². The van der Waals surface area contributed by atoms with Crippen LogP contribution in [0, 0.1) is 0 Å². The first-order chi connectivity index (χ1) is 15.5. The Morgan fingerprint density at radius 3 is 1.97 bits per heavy atom. The van der Waals surface area contributed by atoms with Crippen LogP contribution in [0.25, 0.3) is 0 Å². The van der Waals surface area contributed by atoms with Gasteiger partial charge in [0.25, 0.3) is 0 Å². The summed E-state index contributed by atoms with van der Waals surface area (Å²) in [6, 6.07) is 24.0. The van der Waals surface area contributed by atoms with Crippen LogP contribution in [0.2, 0.25) is 0 Å². The van der Waals surface area contributed by atoms with Crippen LogP contribution < -0.4 is 21.3 Å². The molecule has 3 aromatic carbocycles. The fourth-order valence-electron chi connectivity index (χ4n) is 3.06. The van der Waals surface area contributed by atoms with Crippen molar-refractivity contribution in [3.63, 3.8) is 0 Å². The molecule has 4 N–H and O–H groups in total. The number of carbonyl (C=O) groups is 3. The summed E-state index contributed by atoms with van der Waals surface area (Å²) in [5.74, 6) is -0.440. The Morgan fingerprint density at radius 2 is 1.28 bits per heavy atom. The number of hydrogen-bond acceptors (Lipinski definition) is 4. The van der Waals surface area contributed by atoms with Gasteiger partial charge in [0.15, 0.2) is 0 Å². The number of benzene rings is 3. The van der Waals surface area contributed by atoms with Crippen molar-refractivity contribution in [2.45, 2.75) is 19.8 Å². The van der Waals surface area contributed by atoms with Crippen LogP contribution in [0.3, 0.4) is 0 Å². The molecule has 0 aliphatic carbocycles. The van der Waals surface area contributed by atoms with Crippen molar-refractivity contribution >= 4 is 40.5 Å². The maximum Gasteiger partial charge on any atom is 0.243 e. The van der Waals surface area contributed by atoms with Crippen molar-refractivity contribution in [3.05, 3.63) is 84.4 Å². The monoisotopic (exact) mass is 430 g/mol. The third kappa shape index (κ3) is 7.60. The molecule has 0 aliphatic heterocycles. The van der Waals surface area contributed by atoms with Gasteiger partial charge in [0.2, 0.25) is 17.7 Å². The van der Waals surface area contributed by atoms with Crippen molar-refractivity contribution in [2.75, 3.05) is 27.8 Å². The maximum atomic E-state index is 12.2. The summed E-state index contributed by atoms with van der Waals surface area (Å²) in [6.45, 7) is 1.50. The molecule has 3 aromatic rings. The highest BCUT2D eigenvalue weighted by Crippen LogP contribution is 2.16. The molecular weight excluding hydrogens is 404 g/mol. The van der Waals surface area contributed by atoms with Gasteiger partial charge in [-0.05, 0) is 54.4 Å². The van der Waals surface area contributed by atoms with Crippen LogP contribution in [-0.4, -0.2) is 24.3 Å². The quantitative estimate of drug-likeness (QED) is 0.407. The van der Waals surface area contributed by atoms with Gasteiger partial charge in [-0.2, -0.15) is 0 Å². The Labute approximate surface area is 187 Å². The molecule has 32 heavy (non-hydrogen) atoms. The molecule has 0 radical (unpaired) electrons. The first kappa shape index (κ1) is 22.6. The van der Waals surface area contributed by atoms with Gasteiger partial charge in [0.1, 0.15) is 0 Å². The highest BCUT2D eigenvalue weighted by Gasteiger charge is 2.06. The highest BCUT2D eigenvalue weighted by atomic mass is 16.2. The number of amides is 3. The zero-order valence-corrected chi connectivity index (χ0v) is 17.9. The Bertz CT molecular complexity index is 1070. The second-order valence-corrected chi connectivity index (χ2v) is 7.27. The number of carbonyl (C=O) groups excluding carboxylic acids is 3. The molecule has 3 rings (SSSR count). The van der Waals surface area contributed by atoms with Gasteiger partial charge in [-0.15, -0.1) is 0 Å². The standard InChI is InChI=1S/C25H26N4O3/c1-18(30)27-22-8-5-9-23(16-22)29-25(32)17-26-20-11-13-21(14-12-20)28-24(31)15-10-19-6-3-2-4-7-19/h2-9,11-14,16,26H,10,15,17H2,1H3,(H,27,30)(H,28,31)(H,29,32). The first-order valence-corrected chi connectivity index (χ1v) is 10.3. The fourth-order valence-corrected chi connectivity index (χ4v) is 3.06. The highest BCUT2D eigenvalue weighted by molar-refractivity contribution is 5.95. The van der Waals surface area contributed by atoms with Gasteiger partial charge >= 0.3 is 0 Å². The van der Waals surface area contributed by atoms with E-state index in [1.54, 1.807) is 48.5 Å². The summed E-state index contributed by atoms with van der Waals surface area (Å²) in [4.78, 5) is 35.5. The van der Waals surface area contributed by atoms with Crippen LogP contribution >= 0.6 is 0 Å². The number of anilines is 4. The van der Waals surface area contributed by atoms with Crippen LogP contribution in [0.15, 0.2) is 78.9 Å². The van der Waals surface area contributed by atoms with E-state index in [4.69, 9.17) is 0 Å². The van der Waals surface area contributed by atoms with Crippen LogP contribution in [-0.2, 0) is 20.8 Å². The molecule has 3 amide bonds. The largest absolute Gasteiger partial charge is 0.376 e. The number of rotatable bonds is 9. The van der Waals surface area contributed by atoms with Gasteiger partial charge in [-0.1, -0.05) is 36.4 Å². The third-order valence-electron chi connectivity index (χ3n) is 4.57. The van der Waals surface area contributed by atoms with E-state index in [2.05, 4.69) is 21.3 Å². The number of aryl methyl sites for hydroxylation is 1. The first-order valence-electron chi connectivity index (χ1n) is 10.3. The van der Waals surface area contributed by atoms with E-state index in [9.17, 15) is 14.4 Å². The van der Waals surface area contributed by atoms with Crippen LogP contribution in [0.4, 0.5) is 22.7 Å². The lowest BCUT2D eigenvalue weighted by molar-refractivity contribution is -0.116. The van der Waals surface area contributed by atoms with Gasteiger partial charge < -0.3 is 21.3 Å². The summed E-state index contributed by atoms with van der Waals surface area (Å²) >= 11 is 0. The van der Waals surface area contributed by atoms with Crippen LogP contribution in [0.5, 0.6) is 0 Å². The Balaban J connectivity index is 1.42. The average Bonchev–Trinajstić information content (AvgIpc) is 2.78. The molecule has 0 bridgehead atoms. The number of nitrogens with one attached hydrogen (secondary N) is 4. The lowest BCUT2D eigenvalue weighted by Crippen LogP contribution is -2.21. The van der Waals surface area contributed by atoms with Gasteiger partial charge in [-0.25, -0.2) is 0 Å². The molecule has 0 unspecified atom stereocenters. The Kier molecular flexibility index (Phi) is 7.97. The molecule has 0 atom stereocenters. The Hall–Kier alpha value is -4.13. The van der Waals surface area contributed by atoms with Gasteiger partial charge in [0, 0.05) is 36.1 Å². The van der Waals surface area contributed by atoms with E-state index in [0.717, 1.165) is 11.3 Å². The molecule has 0 saturated carbocycles. The van der Waals surface area contributed by atoms with E-state index < -0.39 is 0 Å². The molecule has 0 heterocycles. The molecule has 0 saturated heterocycles. The molecule has 7 nitrogen and oxygen atoms in total. The smallest absolute Gasteiger partial charge is 0.243 e. The van der Waals surface area contributed by atoms with Crippen molar-refractivity contribution < 1.29 is 14.4 Å². The molecular formula is C25H26N4O3. The van der Waals surface area contributed by atoms with Gasteiger partial charge in [-0.3, -0.25) is 14.4 Å².